The Balaban J connectivity index is 1.57. The largest absolute Gasteiger partial charge is 0.480 e. The summed E-state index contributed by atoms with van der Waals surface area (Å²) in [7, 11) is 0. The van der Waals surface area contributed by atoms with Gasteiger partial charge in [0.05, 0.1) is 0 Å². The molecule has 1 saturated carbocycles. The Morgan fingerprint density at radius 2 is 1.70 bits per heavy atom. The molecule has 0 radical (unpaired) electrons. The topological polar surface area (TPSA) is 95.9 Å². The van der Waals surface area contributed by atoms with Crippen molar-refractivity contribution in [1.29, 1.82) is 0 Å². The summed E-state index contributed by atoms with van der Waals surface area (Å²) in [5.74, 6) is 0.153. The highest BCUT2D eigenvalue weighted by molar-refractivity contribution is 7.98. The molecule has 4 rings (SSSR count). The first-order valence-corrected chi connectivity index (χ1v) is 16.5. The minimum absolute atomic E-state index is 0.343. The van der Waals surface area contributed by atoms with Crippen LogP contribution >= 0.6 is 11.8 Å². The van der Waals surface area contributed by atoms with Crippen molar-refractivity contribution in [1.82, 2.24) is 10.2 Å². The highest BCUT2D eigenvalue weighted by Gasteiger charge is 2.25. The molecule has 0 saturated heterocycles. The highest BCUT2D eigenvalue weighted by atomic mass is 32.2. The average Bonchev–Trinajstić information content (AvgIpc) is 3.02. The predicted octanol–water partition coefficient (Wildman–Crippen LogP) is 7.22. The Labute approximate surface area is 259 Å². The third-order valence-corrected chi connectivity index (χ3v) is 8.70. The molecule has 0 bridgehead atoms. The van der Waals surface area contributed by atoms with E-state index in [9.17, 15) is 19.5 Å². The average molecular weight is 603 g/mol. The number of carbonyl (C=O) groups excluding carboxylic acids is 2. The standard InChI is InChI=1S/C35H42N2O5S/c1-25-11-9-10-16-29(25)31-23-26(17-18-30(31)33(38)36-32(34(39)40)20-22-43-2)19-21-37(24-27-12-5-3-6-13-27)35(41)42-28-14-7-4-8-15-28/h4,7-11,14-18,23,27,32H,3,5-6,12-13,19-22,24H2,1-2H3,(H,36,38)(H,39,40). The molecular formula is C35H42N2O5S. The summed E-state index contributed by atoms with van der Waals surface area (Å²) in [6.07, 6.45) is 8.35. The van der Waals surface area contributed by atoms with Gasteiger partial charge in [0, 0.05) is 18.7 Å². The number of nitrogens with one attached hydrogen (secondary N) is 1. The summed E-state index contributed by atoms with van der Waals surface area (Å²) >= 11 is 1.54. The Morgan fingerprint density at radius 3 is 2.40 bits per heavy atom. The lowest BCUT2D eigenvalue weighted by atomic mass is 9.89. The second kappa shape index (κ2) is 16.2. The molecule has 1 atom stereocenters. The second-order valence-electron chi connectivity index (χ2n) is 11.2. The number of aryl methyl sites for hydroxylation is 1. The van der Waals surface area contributed by atoms with E-state index in [4.69, 9.17) is 4.74 Å². The summed E-state index contributed by atoms with van der Waals surface area (Å²) in [5.41, 5.74) is 4.07. The molecule has 2 amide bonds. The number of carboxylic acid groups (broad SMARTS) is 1. The fourth-order valence-electron chi connectivity index (χ4n) is 5.63. The molecule has 8 heteroatoms. The number of benzene rings is 3. The molecule has 43 heavy (non-hydrogen) atoms. The van der Waals surface area contributed by atoms with Crippen LogP contribution in [-0.2, 0) is 11.2 Å². The van der Waals surface area contributed by atoms with Crippen LogP contribution in [-0.4, -0.2) is 59.1 Å². The maximum Gasteiger partial charge on any atom is 0.415 e. The Hall–Kier alpha value is -3.78. The normalized spacial score (nSPS) is 14.1. The molecule has 1 aliphatic carbocycles. The third kappa shape index (κ3) is 9.35. The summed E-state index contributed by atoms with van der Waals surface area (Å²) in [6.45, 7) is 3.13. The molecule has 0 aliphatic heterocycles. The molecule has 2 N–H and O–H groups in total. The van der Waals surface area contributed by atoms with Crippen LogP contribution in [0.25, 0.3) is 11.1 Å². The molecule has 0 heterocycles. The van der Waals surface area contributed by atoms with Crippen molar-refractivity contribution in [3.8, 4) is 16.9 Å². The Kier molecular flexibility index (Phi) is 12.1. The number of ether oxygens (including phenoxy) is 1. The van der Waals surface area contributed by atoms with Crippen LogP contribution in [0.2, 0.25) is 0 Å². The molecule has 0 spiro atoms. The molecule has 0 aromatic heterocycles. The van der Waals surface area contributed by atoms with E-state index < -0.39 is 17.9 Å². The van der Waals surface area contributed by atoms with E-state index in [1.807, 2.05) is 72.7 Å². The van der Waals surface area contributed by atoms with E-state index in [0.29, 0.717) is 48.9 Å². The van der Waals surface area contributed by atoms with Gasteiger partial charge in [-0.05, 0) is 91.0 Å². The fourth-order valence-corrected chi connectivity index (χ4v) is 6.10. The van der Waals surface area contributed by atoms with E-state index in [-0.39, 0.29) is 6.09 Å². The maximum atomic E-state index is 13.4. The summed E-state index contributed by atoms with van der Waals surface area (Å²) in [4.78, 5) is 40.4. The van der Waals surface area contributed by atoms with E-state index in [1.165, 1.54) is 19.3 Å². The smallest absolute Gasteiger partial charge is 0.415 e. The predicted molar refractivity (Wildman–Crippen MR) is 173 cm³/mol. The van der Waals surface area contributed by atoms with Crippen LogP contribution in [0.15, 0.2) is 72.8 Å². The minimum Gasteiger partial charge on any atom is -0.480 e. The molecule has 1 unspecified atom stereocenters. The van der Waals surface area contributed by atoms with Gasteiger partial charge in [0.25, 0.3) is 5.91 Å². The Morgan fingerprint density at radius 1 is 0.977 bits per heavy atom. The number of hydrogen-bond acceptors (Lipinski definition) is 5. The molecule has 7 nitrogen and oxygen atoms in total. The number of carbonyl (C=O) groups is 3. The van der Waals surface area contributed by atoms with Gasteiger partial charge < -0.3 is 20.1 Å². The van der Waals surface area contributed by atoms with Crippen LogP contribution in [0.4, 0.5) is 4.79 Å². The first kappa shape index (κ1) is 32.1. The van der Waals surface area contributed by atoms with E-state index in [0.717, 1.165) is 35.1 Å². The first-order valence-electron chi connectivity index (χ1n) is 15.1. The highest BCUT2D eigenvalue weighted by Crippen LogP contribution is 2.29. The lowest BCUT2D eigenvalue weighted by Crippen LogP contribution is -2.41. The van der Waals surface area contributed by atoms with Crippen LogP contribution in [0.3, 0.4) is 0 Å². The van der Waals surface area contributed by atoms with Gasteiger partial charge in [-0.3, -0.25) is 4.79 Å². The number of hydrogen-bond donors (Lipinski definition) is 2. The second-order valence-corrected chi connectivity index (χ2v) is 12.2. The number of carboxylic acids is 1. The fraction of sp³-hybridized carbons (Fsp3) is 0.400. The van der Waals surface area contributed by atoms with Gasteiger partial charge in [0.1, 0.15) is 11.8 Å². The molecule has 3 aromatic carbocycles. The van der Waals surface area contributed by atoms with Crippen LogP contribution < -0.4 is 10.1 Å². The van der Waals surface area contributed by atoms with Gasteiger partial charge in [-0.2, -0.15) is 11.8 Å². The first-order chi connectivity index (χ1) is 20.9. The lowest BCUT2D eigenvalue weighted by molar-refractivity contribution is -0.139. The summed E-state index contributed by atoms with van der Waals surface area (Å²) in [5, 5.41) is 12.4. The SMILES string of the molecule is CSCCC(NC(=O)c1ccc(CCN(CC2CCCCC2)C(=O)Oc2ccccc2)cc1-c1ccccc1C)C(=O)O. The third-order valence-electron chi connectivity index (χ3n) is 8.06. The van der Waals surface area contributed by atoms with Crippen molar-refractivity contribution < 1.29 is 24.2 Å². The maximum absolute atomic E-state index is 13.4. The molecule has 1 fully saturated rings. The van der Waals surface area contributed by atoms with Crippen molar-refractivity contribution in [2.24, 2.45) is 5.92 Å². The number of para-hydroxylation sites is 1. The number of thioether (sulfide) groups is 1. The van der Waals surface area contributed by atoms with Crippen molar-refractivity contribution in [3.63, 3.8) is 0 Å². The van der Waals surface area contributed by atoms with Gasteiger partial charge in [-0.1, -0.05) is 73.9 Å². The van der Waals surface area contributed by atoms with Crippen LogP contribution in [0.5, 0.6) is 5.75 Å². The summed E-state index contributed by atoms with van der Waals surface area (Å²) < 4.78 is 5.73. The van der Waals surface area contributed by atoms with E-state index in [1.54, 1.807) is 30.0 Å². The van der Waals surface area contributed by atoms with Gasteiger partial charge in [0.15, 0.2) is 0 Å². The van der Waals surface area contributed by atoms with Gasteiger partial charge in [0.2, 0.25) is 0 Å². The number of amides is 2. The van der Waals surface area contributed by atoms with Crippen molar-refractivity contribution in [2.75, 3.05) is 25.1 Å². The molecule has 3 aromatic rings. The van der Waals surface area contributed by atoms with Crippen LogP contribution in [0.1, 0.15) is 60.0 Å². The quantitative estimate of drug-likeness (QED) is 0.214. The lowest BCUT2D eigenvalue weighted by Gasteiger charge is -2.29. The number of rotatable bonds is 13. The van der Waals surface area contributed by atoms with Crippen molar-refractivity contribution >= 4 is 29.7 Å². The van der Waals surface area contributed by atoms with Gasteiger partial charge in [-0.15, -0.1) is 0 Å². The van der Waals surface area contributed by atoms with Crippen LogP contribution in [0, 0.1) is 12.8 Å². The van der Waals surface area contributed by atoms with E-state index >= 15 is 0 Å². The van der Waals surface area contributed by atoms with Gasteiger partial charge >= 0.3 is 12.1 Å². The van der Waals surface area contributed by atoms with Crippen molar-refractivity contribution in [3.05, 3.63) is 89.5 Å². The number of aliphatic carboxylic acids is 1. The monoisotopic (exact) mass is 602 g/mol. The molecule has 1 aliphatic rings. The Bertz CT molecular complexity index is 1370. The molecule has 228 valence electrons. The minimum atomic E-state index is -1.04. The zero-order valence-corrected chi connectivity index (χ0v) is 25.9. The number of nitrogens with zero attached hydrogens (tertiary/aromatic N) is 1. The van der Waals surface area contributed by atoms with Gasteiger partial charge in [-0.25, -0.2) is 9.59 Å². The van der Waals surface area contributed by atoms with Crippen molar-refractivity contribution in [2.45, 2.75) is 57.9 Å². The molecular weight excluding hydrogens is 560 g/mol. The zero-order chi connectivity index (χ0) is 30.6. The zero-order valence-electron chi connectivity index (χ0n) is 25.1. The van der Waals surface area contributed by atoms with E-state index in [2.05, 4.69) is 5.32 Å². The summed E-state index contributed by atoms with van der Waals surface area (Å²) in [6, 6.07) is 21.7.